The second kappa shape index (κ2) is 39.2. The third kappa shape index (κ3) is 39.0. The minimum Gasteiger partial charge on any atom is -0.394 e. The topological polar surface area (TPSA) is 99.5 Å². The van der Waals surface area contributed by atoms with Crippen LogP contribution in [0.5, 0.6) is 0 Å². The van der Waals surface area contributed by atoms with E-state index in [1.165, 1.54) is 193 Å². The van der Waals surface area contributed by atoms with Gasteiger partial charge in [0.05, 0.1) is 19.8 Å². The lowest BCUT2D eigenvalue weighted by Crippen LogP contribution is -2.30. The highest BCUT2D eigenvalue weighted by molar-refractivity contribution is 7.47. The molecule has 0 aromatic heterocycles. The van der Waals surface area contributed by atoms with Gasteiger partial charge in [-0.05, 0) is 25.9 Å². The second-order valence-corrected chi connectivity index (χ2v) is 16.3. The Morgan fingerprint density at radius 1 is 0.469 bits per heavy atom. The summed E-state index contributed by atoms with van der Waals surface area (Å²) in [6, 6.07) is 0. The quantitative estimate of drug-likeness (QED) is 0.0426. The maximum absolute atomic E-state index is 12.1. The van der Waals surface area contributed by atoms with E-state index in [0.717, 1.165) is 25.9 Å². The fraction of sp³-hybridized carbons (Fsp3) is 1.00. The van der Waals surface area contributed by atoms with Gasteiger partial charge < -0.3 is 20.0 Å². The first kappa shape index (κ1) is 49.0. The Bertz CT molecular complexity index is 648. The highest BCUT2D eigenvalue weighted by atomic mass is 31.2. The van der Waals surface area contributed by atoms with Gasteiger partial charge in [0.1, 0.15) is 6.10 Å². The number of phosphoric ester groups is 1. The summed E-state index contributed by atoms with van der Waals surface area (Å²) in [5, 5.41) is 18.3. The third-order valence-electron chi connectivity index (χ3n) is 9.96. The van der Waals surface area contributed by atoms with Crippen molar-refractivity contribution in [2.45, 2.75) is 225 Å². The van der Waals surface area contributed by atoms with Gasteiger partial charge in [0, 0.05) is 6.54 Å². The molecule has 0 aliphatic rings. The zero-order chi connectivity index (χ0) is 35.9. The number of nitrogens with zero attached hydrogens (tertiary/aromatic N) is 1. The first-order valence-corrected chi connectivity index (χ1v) is 23.1. The van der Waals surface area contributed by atoms with Crippen molar-refractivity contribution in [3.8, 4) is 0 Å². The molecule has 0 aromatic rings. The fourth-order valence-electron chi connectivity index (χ4n) is 6.66. The van der Waals surface area contributed by atoms with Crippen LogP contribution in [0.15, 0.2) is 0 Å². The predicted octanol–water partition coefficient (Wildman–Crippen LogP) is 12.3. The van der Waals surface area contributed by atoms with Crippen LogP contribution in [-0.2, 0) is 13.6 Å². The minimum atomic E-state index is -4.24. The Morgan fingerprint density at radius 3 is 1.04 bits per heavy atom. The molecule has 0 aliphatic carbocycles. The lowest BCUT2D eigenvalue weighted by Gasteiger charge is -2.23. The maximum Gasteiger partial charge on any atom is 0.472 e. The number of phosphoric acid groups is 1. The van der Waals surface area contributed by atoms with Gasteiger partial charge in [-0.1, -0.05) is 206 Å². The number of aliphatic hydroxyl groups is 2. The molecule has 0 radical (unpaired) electrons. The highest BCUT2D eigenvalue weighted by Crippen LogP contribution is 2.43. The number of hydrogen-bond donors (Lipinski definition) is 3. The van der Waals surface area contributed by atoms with Gasteiger partial charge in [0.15, 0.2) is 0 Å². The van der Waals surface area contributed by atoms with Crippen LogP contribution in [0, 0.1) is 0 Å². The zero-order valence-corrected chi connectivity index (χ0v) is 33.8. The van der Waals surface area contributed by atoms with Crippen molar-refractivity contribution in [3.05, 3.63) is 0 Å². The van der Waals surface area contributed by atoms with Crippen molar-refractivity contribution in [2.24, 2.45) is 0 Å². The third-order valence-corrected chi connectivity index (χ3v) is 10.9. The summed E-state index contributed by atoms with van der Waals surface area (Å²) in [7, 11) is -4.24. The number of rotatable bonds is 42. The molecule has 0 aromatic carbocycles. The smallest absolute Gasteiger partial charge is 0.394 e. The standard InChI is InChI=1S/C41H86NO6P/c1-3-5-7-9-11-13-15-17-19-21-23-25-27-29-31-33-35-42(37-38-47-49(45,46)48-40-41(44)39-43)36-34-32-30-28-26-24-22-20-18-16-14-12-10-8-6-4-2/h41,43-44H,3-40H2,1-2H3,(H,45,46)/t41-/m1/s1. The Hall–Kier alpha value is -0.0100. The molecule has 7 nitrogen and oxygen atoms in total. The maximum atomic E-state index is 12.1. The Balaban J connectivity index is 4.03. The molecular weight excluding hydrogens is 633 g/mol. The molecule has 0 heterocycles. The van der Waals surface area contributed by atoms with E-state index in [1.807, 2.05) is 0 Å². The van der Waals surface area contributed by atoms with Crippen LogP contribution in [0.1, 0.15) is 219 Å². The Labute approximate surface area is 305 Å². The van der Waals surface area contributed by atoms with Crippen LogP contribution in [0.3, 0.4) is 0 Å². The van der Waals surface area contributed by atoms with E-state index < -0.39 is 27.1 Å². The van der Waals surface area contributed by atoms with E-state index in [4.69, 9.17) is 14.2 Å². The average Bonchev–Trinajstić information content (AvgIpc) is 3.09. The molecule has 0 rings (SSSR count). The predicted molar refractivity (Wildman–Crippen MR) is 210 cm³/mol. The number of unbranched alkanes of at least 4 members (excludes halogenated alkanes) is 30. The van der Waals surface area contributed by atoms with Crippen molar-refractivity contribution in [1.29, 1.82) is 0 Å². The highest BCUT2D eigenvalue weighted by Gasteiger charge is 2.22. The largest absolute Gasteiger partial charge is 0.472 e. The molecule has 0 saturated carbocycles. The Morgan fingerprint density at radius 2 is 0.755 bits per heavy atom. The molecule has 0 saturated heterocycles. The summed E-state index contributed by atoms with van der Waals surface area (Å²) in [5.41, 5.74) is 0. The van der Waals surface area contributed by atoms with Gasteiger partial charge in [-0.15, -0.1) is 0 Å². The van der Waals surface area contributed by atoms with Crippen LogP contribution < -0.4 is 0 Å². The number of hydrogen-bond acceptors (Lipinski definition) is 6. The summed E-state index contributed by atoms with van der Waals surface area (Å²) >= 11 is 0. The molecule has 0 bridgehead atoms. The van der Waals surface area contributed by atoms with Gasteiger partial charge in [0.2, 0.25) is 0 Å². The van der Waals surface area contributed by atoms with Crippen LogP contribution in [0.4, 0.5) is 0 Å². The SMILES string of the molecule is CCCCCCCCCCCCCCCCCCN(CCCCCCCCCCCCCCCCCC)CCOP(=O)(O)OC[C@H](O)CO. The molecule has 8 heteroatoms. The van der Waals surface area contributed by atoms with E-state index in [2.05, 4.69) is 18.7 Å². The lowest BCUT2D eigenvalue weighted by atomic mass is 10.0. The van der Waals surface area contributed by atoms with Gasteiger partial charge >= 0.3 is 7.82 Å². The van der Waals surface area contributed by atoms with E-state index in [1.54, 1.807) is 0 Å². The van der Waals surface area contributed by atoms with Crippen molar-refractivity contribution in [2.75, 3.05) is 39.5 Å². The normalized spacial score (nSPS) is 13.8. The molecule has 0 spiro atoms. The second-order valence-electron chi connectivity index (χ2n) is 14.9. The Kier molecular flexibility index (Phi) is 39.2. The monoisotopic (exact) mass is 720 g/mol. The molecule has 3 N–H and O–H groups in total. The lowest BCUT2D eigenvalue weighted by molar-refractivity contribution is 0.0349. The van der Waals surface area contributed by atoms with Crippen molar-refractivity contribution < 1.29 is 28.7 Å². The van der Waals surface area contributed by atoms with E-state index >= 15 is 0 Å². The minimum absolute atomic E-state index is 0.112. The van der Waals surface area contributed by atoms with Crippen LogP contribution >= 0.6 is 7.82 Å². The first-order chi connectivity index (χ1) is 23.9. The van der Waals surface area contributed by atoms with Crippen LogP contribution in [0.25, 0.3) is 0 Å². The molecule has 1 unspecified atom stereocenters. The number of aliphatic hydroxyl groups excluding tert-OH is 2. The van der Waals surface area contributed by atoms with E-state index in [-0.39, 0.29) is 6.61 Å². The molecular formula is C41H86NO6P. The summed E-state index contributed by atoms with van der Waals surface area (Å²) < 4.78 is 22.1. The van der Waals surface area contributed by atoms with Crippen LogP contribution in [-0.4, -0.2) is 65.6 Å². The summed E-state index contributed by atoms with van der Waals surface area (Å²) in [4.78, 5) is 12.3. The van der Waals surface area contributed by atoms with Crippen molar-refractivity contribution in [3.63, 3.8) is 0 Å². The molecule has 296 valence electrons. The van der Waals surface area contributed by atoms with Crippen molar-refractivity contribution >= 4 is 7.82 Å². The zero-order valence-electron chi connectivity index (χ0n) is 32.9. The average molecular weight is 720 g/mol. The molecule has 2 atom stereocenters. The molecule has 0 aliphatic heterocycles. The van der Waals surface area contributed by atoms with Crippen molar-refractivity contribution in [1.82, 2.24) is 4.90 Å². The summed E-state index contributed by atoms with van der Waals surface area (Å²) in [6.07, 6.45) is 42.3. The molecule has 0 amide bonds. The van der Waals surface area contributed by atoms with E-state index in [9.17, 15) is 14.6 Å². The summed E-state index contributed by atoms with van der Waals surface area (Å²) in [5.74, 6) is 0. The van der Waals surface area contributed by atoms with Gasteiger partial charge in [-0.3, -0.25) is 9.05 Å². The van der Waals surface area contributed by atoms with E-state index in [0.29, 0.717) is 6.54 Å². The first-order valence-electron chi connectivity index (χ1n) is 21.6. The van der Waals surface area contributed by atoms with Crippen LogP contribution in [0.2, 0.25) is 0 Å². The summed E-state index contributed by atoms with van der Waals surface area (Å²) in [6.45, 7) is 6.30. The molecule has 49 heavy (non-hydrogen) atoms. The van der Waals surface area contributed by atoms with Gasteiger partial charge in [0.25, 0.3) is 0 Å². The van der Waals surface area contributed by atoms with Gasteiger partial charge in [-0.25, -0.2) is 4.57 Å². The fourth-order valence-corrected chi connectivity index (χ4v) is 7.41. The van der Waals surface area contributed by atoms with Gasteiger partial charge in [-0.2, -0.15) is 0 Å². The molecule has 0 fully saturated rings.